The minimum Gasteiger partial charge on any atom is -0.313 e. The zero-order chi connectivity index (χ0) is 15.3. The highest BCUT2D eigenvalue weighted by Crippen LogP contribution is 2.24. The molecule has 1 rings (SSSR count). The van der Waals surface area contributed by atoms with Crippen LogP contribution in [0.2, 0.25) is 0 Å². The standard InChI is InChI=1S/C14H23BrN2O2S/c1-5-16-9-12-6-7-13(15)14(8-12)20(18,19)17-11(4)10(2)3/h6-8,10-11,16-17H,5,9H2,1-4H3. The van der Waals surface area contributed by atoms with Crippen molar-refractivity contribution in [2.24, 2.45) is 5.92 Å². The lowest BCUT2D eigenvalue weighted by molar-refractivity contribution is 0.476. The summed E-state index contributed by atoms with van der Waals surface area (Å²) in [7, 11) is -3.51. The van der Waals surface area contributed by atoms with Crippen molar-refractivity contribution in [3.8, 4) is 0 Å². The van der Waals surface area contributed by atoms with Gasteiger partial charge < -0.3 is 5.32 Å². The third-order valence-electron chi connectivity index (χ3n) is 3.21. The van der Waals surface area contributed by atoms with E-state index in [-0.39, 0.29) is 12.0 Å². The Morgan fingerprint density at radius 1 is 1.25 bits per heavy atom. The van der Waals surface area contributed by atoms with E-state index in [1.165, 1.54) is 0 Å². The Morgan fingerprint density at radius 3 is 2.45 bits per heavy atom. The molecule has 2 N–H and O–H groups in total. The summed E-state index contributed by atoms with van der Waals surface area (Å²) in [6.07, 6.45) is 0. The number of halogens is 1. The van der Waals surface area contributed by atoms with Gasteiger partial charge in [0.05, 0.1) is 4.90 Å². The van der Waals surface area contributed by atoms with E-state index in [0.29, 0.717) is 15.9 Å². The highest BCUT2D eigenvalue weighted by atomic mass is 79.9. The van der Waals surface area contributed by atoms with Gasteiger partial charge in [-0.05, 0) is 53.0 Å². The van der Waals surface area contributed by atoms with Crippen LogP contribution in [0.3, 0.4) is 0 Å². The van der Waals surface area contributed by atoms with Gasteiger partial charge >= 0.3 is 0 Å². The van der Waals surface area contributed by atoms with E-state index in [1.54, 1.807) is 12.1 Å². The lowest BCUT2D eigenvalue weighted by Crippen LogP contribution is -2.36. The van der Waals surface area contributed by atoms with Crippen LogP contribution in [0.15, 0.2) is 27.6 Å². The van der Waals surface area contributed by atoms with Gasteiger partial charge in [-0.15, -0.1) is 0 Å². The monoisotopic (exact) mass is 362 g/mol. The molecule has 20 heavy (non-hydrogen) atoms. The zero-order valence-electron chi connectivity index (χ0n) is 12.4. The minimum absolute atomic E-state index is 0.107. The number of sulfonamides is 1. The quantitative estimate of drug-likeness (QED) is 0.783. The number of hydrogen-bond acceptors (Lipinski definition) is 3. The normalized spacial score (nSPS) is 13.7. The molecule has 1 aromatic carbocycles. The van der Waals surface area contributed by atoms with Gasteiger partial charge in [-0.25, -0.2) is 13.1 Å². The maximum Gasteiger partial charge on any atom is 0.241 e. The van der Waals surface area contributed by atoms with E-state index in [2.05, 4.69) is 26.0 Å². The number of nitrogens with one attached hydrogen (secondary N) is 2. The molecule has 0 radical (unpaired) electrons. The van der Waals surface area contributed by atoms with Gasteiger partial charge in [0.2, 0.25) is 10.0 Å². The molecular formula is C14H23BrN2O2S. The summed E-state index contributed by atoms with van der Waals surface area (Å²) < 4.78 is 28.2. The van der Waals surface area contributed by atoms with E-state index in [1.807, 2.05) is 33.8 Å². The second-order valence-corrected chi connectivity index (χ2v) is 7.74. The number of hydrogen-bond donors (Lipinski definition) is 2. The van der Waals surface area contributed by atoms with Crippen molar-refractivity contribution in [2.75, 3.05) is 6.54 Å². The molecule has 114 valence electrons. The van der Waals surface area contributed by atoms with E-state index in [9.17, 15) is 8.42 Å². The lowest BCUT2D eigenvalue weighted by atomic mass is 10.1. The van der Waals surface area contributed by atoms with E-state index >= 15 is 0 Å². The summed E-state index contributed by atoms with van der Waals surface area (Å²) in [6.45, 7) is 9.38. The number of benzene rings is 1. The fourth-order valence-electron chi connectivity index (χ4n) is 1.58. The van der Waals surface area contributed by atoms with Crippen LogP contribution < -0.4 is 10.0 Å². The van der Waals surface area contributed by atoms with Gasteiger partial charge in [-0.3, -0.25) is 0 Å². The lowest BCUT2D eigenvalue weighted by Gasteiger charge is -2.18. The summed E-state index contributed by atoms with van der Waals surface area (Å²) >= 11 is 3.32. The van der Waals surface area contributed by atoms with Crippen LogP contribution in [0.5, 0.6) is 0 Å². The molecule has 0 aromatic heterocycles. The first-order valence-corrected chi connectivity index (χ1v) is 9.07. The van der Waals surface area contributed by atoms with Crippen LogP contribution in [-0.2, 0) is 16.6 Å². The SMILES string of the molecule is CCNCc1ccc(Br)c(S(=O)(=O)NC(C)C(C)C)c1. The summed E-state index contributed by atoms with van der Waals surface area (Å²) in [6, 6.07) is 5.30. The summed E-state index contributed by atoms with van der Waals surface area (Å²) in [5, 5.41) is 3.19. The molecule has 6 heteroatoms. The largest absolute Gasteiger partial charge is 0.313 e. The van der Waals surface area contributed by atoms with Crippen LogP contribution >= 0.6 is 15.9 Å². The van der Waals surface area contributed by atoms with E-state index < -0.39 is 10.0 Å². The average molecular weight is 363 g/mol. The van der Waals surface area contributed by atoms with Crippen LogP contribution in [0, 0.1) is 5.92 Å². The topological polar surface area (TPSA) is 58.2 Å². The van der Waals surface area contributed by atoms with Crippen molar-refractivity contribution in [1.29, 1.82) is 0 Å². The molecular weight excluding hydrogens is 340 g/mol. The Hall–Kier alpha value is -0.430. The third-order valence-corrected chi connectivity index (χ3v) is 5.76. The molecule has 0 saturated heterocycles. The maximum absolute atomic E-state index is 12.4. The molecule has 0 heterocycles. The van der Waals surface area contributed by atoms with Crippen LogP contribution in [-0.4, -0.2) is 21.0 Å². The second-order valence-electron chi connectivity index (χ2n) is 5.20. The van der Waals surface area contributed by atoms with Crippen molar-refractivity contribution >= 4 is 26.0 Å². The Bertz CT molecular complexity index is 544. The Labute approximate surface area is 130 Å². The third kappa shape index (κ3) is 4.84. The summed E-state index contributed by atoms with van der Waals surface area (Å²) in [4.78, 5) is 0.292. The van der Waals surface area contributed by atoms with Crippen molar-refractivity contribution in [2.45, 2.75) is 45.2 Å². The molecule has 0 spiro atoms. The fraction of sp³-hybridized carbons (Fsp3) is 0.571. The molecule has 1 unspecified atom stereocenters. The Morgan fingerprint density at radius 2 is 1.90 bits per heavy atom. The predicted octanol–water partition coefficient (Wildman–Crippen LogP) is 2.88. The Kier molecular flexibility index (Phi) is 6.64. The molecule has 0 aliphatic rings. The predicted molar refractivity (Wildman–Crippen MR) is 86.1 cm³/mol. The van der Waals surface area contributed by atoms with Gasteiger partial charge in [-0.2, -0.15) is 0 Å². The van der Waals surface area contributed by atoms with Crippen molar-refractivity contribution in [1.82, 2.24) is 10.0 Å². The summed E-state index contributed by atoms with van der Waals surface area (Å²) in [5.41, 5.74) is 0.952. The molecule has 1 atom stereocenters. The van der Waals surface area contributed by atoms with Gasteiger partial charge in [0.1, 0.15) is 0 Å². The molecule has 0 bridgehead atoms. The van der Waals surface area contributed by atoms with Crippen LogP contribution in [0.1, 0.15) is 33.3 Å². The van der Waals surface area contributed by atoms with Gasteiger partial charge in [0.15, 0.2) is 0 Å². The summed E-state index contributed by atoms with van der Waals surface area (Å²) in [5.74, 6) is 0.244. The van der Waals surface area contributed by atoms with Crippen molar-refractivity contribution < 1.29 is 8.42 Å². The van der Waals surface area contributed by atoms with Crippen LogP contribution in [0.25, 0.3) is 0 Å². The Balaban J connectivity index is 3.04. The maximum atomic E-state index is 12.4. The highest BCUT2D eigenvalue weighted by molar-refractivity contribution is 9.10. The van der Waals surface area contributed by atoms with Gasteiger partial charge in [-0.1, -0.05) is 26.8 Å². The minimum atomic E-state index is -3.51. The molecule has 0 aliphatic carbocycles. The average Bonchev–Trinajstić information content (AvgIpc) is 2.36. The smallest absolute Gasteiger partial charge is 0.241 e. The first-order valence-electron chi connectivity index (χ1n) is 6.79. The van der Waals surface area contributed by atoms with Gasteiger partial charge in [0, 0.05) is 17.1 Å². The molecule has 0 fully saturated rings. The molecule has 1 aromatic rings. The molecule has 0 saturated carbocycles. The van der Waals surface area contributed by atoms with E-state index in [4.69, 9.17) is 0 Å². The molecule has 0 amide bonds. The highest BCUT2D eigenvalue weighted by Gasteiger charge is 2.21. The second kappa shape index (κ2) is 7.54. The van der Waals surface area contributed by atoms with Crippen molar-refractivity contribution in [3.05, 3.63) is 28.2 Å². The van der Waals surface area contributed by atoms with Gasteiger partial charge in [0.25, 0.3) is 0 Å². The fourth-order valence-corrected chi connectivity index (χ4v) is 3.98. The first kappa shape index (κ1) is 17.6. The zero-order valence-corrected chi connectivity index (χ0v) is 14.8. The molecule has 0 aliphatic heterocycles. The van der Waals surface area contributed by atoms with E-state index in [0.717, 1.165) is 12.1 Å². The van der Waals surface area contributed by atoms with Crippen LogP contribution in [0.4, 0.5) is 0 Å². The number of rotatable bonds is 7. The first-order chi connectivity index (χ1) is 9.27. The van der Waals surface area contributed by atoms with Crippen molar-refractivity contribution in [3.63, 3.8) is 0 Å². The molecule has 4 nitrogen and oxygen atoms in total.